The number of benzene rings is 2. The highest BCUT2D eigenvalue weighted by Crippen LogP contribution is 2.46. The number of ether oxygens (including phenoxy) is 2. The number of rotatable bonds is 5. The van der Waals surface area contributed by atoms with Crippen molar-refractivity contribution in [3.05, 3.63) is 59.2 Å². The van der Waals surface area contributed by atoms with Crippen molar-refractivity contribution >= 4 is 23.5 Å². The molecular weight excluding hydrogens is 326 g/mol. The van der Waals surface area contributed by atoms with Crippen molar-refractivity contribution in [3.8, 4) is 17.6 Å². The minimum absolute atomic E-state index is 0.453. The molecule has 5 heteroatoms. The lowest BCUT2D eigenvalue weighted by Gasteiger charge is -2.14. The van der Waals surface area contributed by atoms with E-state index in [1.165, 1.54) is 17.1 Å². The van der Waals surface area contributed by atoms with Crippen LogP contribution in [0.3, 0.4) is 0 Å². The van der Waals surface area contributed by atoms with Crippen LogP contribution in [0.15, 0.2) is 42.5 Å². The fourth-order valence-corrected chi connectivity index (χ4v) is 5.18. The number of hydrogen-bond acceptors (Lipinski definition) is 5. The first-order valence-electron chi connectivity index (χ1n) is 7.33. The number of methoxy groups -OCH3 is 1. The molecule has 3 nitrogen and oxygen atoms in total. The highest BCUT2D eigenvalue weighted by Gasteiger charge is 2.19. The minimum atomic E-state index is 0.453. The third-order valence-corrected chi connectivity index (χ3v) is 6.66. The van der Waals surface area contributed by atoms with Gasteiger partial charge in [0.25, 0.3) is 0 Å². The van der Waals surface area contributed by atoms with Gasteiger partial charge in [-0.05, 0) is 35.4 Å². The summed E-state index contributed by atoms with van der Waals surface area (Å²) in [6, 6.07) is 15.7. The molecule has 1 saturated heterocycles. The van der Waals surface area contributed by atoms with Crippen LogP contribution < -0.4 is 9.47 Å². The number of thioether (sulfide) groups is 2. The van der Waals surface area contributed by atoms with Gasteiger partial charge in [0, 0.05) is 11.5 Å². The molecule has 0 aromatic heterocycles. The van der Waals surface area contributed by atoms with Gasteiger partial charge in [0.1, 0.15) is 6.61 Å². The van der Waals surface area contributed by atoms with Gasteiger partial charge in [0.05, 0.1) is 23.3 Å². The van der Waals surface area contributed by atoms with E-state index in [1.807, 2.05) is 41.7 Å². The molecule has 0 radical (unpaired) electrons. The standard InChI is InChI=1S/C18H17NO2S2/c1-20-17-10-15(18-22-8-9-23-18)6-7-16(17)21-12-14-4-2-13(11-19)3-5-14/h2-7,10,18H,8-9,12H2,1H3. The lowest BCUT2D eigenvalue weighted by Crippen LogP contribution is -1.99. The molecule has 1 heterocycles. The van der Waals surface area contributed by atoms with Crippen LogP contribution in [0, 0.1) is 11.3 Å². The zero-order valence-electron chi connectivity index (χ0n) is 12.8. The van der Waals surface area contributed by atoms with Gasteiger partial charge in [-0.2, -0.15) is 5.26 Å². The van der Waals surface area contributed by atoms with Crippen LogP contribution >= 0.6 is 23.5 Å². The van der Waals surface area contributed by atoms with E-state index in [0.29, 0.717) is 16.8 Å². The van der Waals surface area contributed by atoms with Crippen molar-refractivity contribution in [3.63, 3.8) is 0 Å². The third-order valence-electron chi connectivity index (χ3n) is 3.56. The summed E-state index contributed by atoms with van der Waals surface area (Å²) in [5.41, 5.74) is 2.96. The Kier molecular flexibility index (Phi) is 5.37. The first-order valence-corrected chi connectivity index (χ1v) is 9.43. The summed E-state index contributed by atoms with van der Waals surface area (Å²) in [4.78, 5) is 0. The third kappa shape index (κ3) is 3.95. The van der Waals surface area contributed by atoms with Gasteiger partial charge in [-0.25, -0.2) is 0 Å². The van der Waals surface area contributed by atoms with Crippen LogP contribution in [-0.2, 0) is 6.61 Å². The smallest absolute Gasteiger partial charge is 0.161 e. The van der Waals surface area contributed by atoms with Gasteiger partial charge >= 0.3 is 0 Å². The lowest BCUT2D eigenvalue weighted by atomic mass is 10.1. The van der Waals surface area contributed by atoms with Gasteiger partial charge in [-0.15, -0.1) is 23.5 Å². The van der Waals surface area contributed by atoms with Gasteiger partial charge in [0.15, 0.2) is 11.5 Å². The maximum atomic E-state index is 8.82. The average molecular weight is 343 g/mol. The van der Waals surface area contributed by atoms with Crippen molar-refractivity contribution in [1.29, 1.82) is 5.26 Å². The van der Waals surface area contributed by atoms with Crippen molar-refractivity contribution in [2.75, 3.05) is 18.6 Å². The van der Waals surface area contributed by atoms with Crippen molar-refractivity contribution in [2.45, 2.75) is 11.2 Å². The van der Waals surface area contributed by atoms with Crippen molar-refractivity contribution in [1.82, 2.24) is 0 Å². The quantitative estimate of drug-likeness (QED) is 0.792. The van der Waals surface area contributed by atoms with E-state index < -0.39 is 0 Å². The average Bonchev–Trinajstić information content (AvgIpc) is 3.15. The summed E-state index contributed by atoms with van der Waals surface area (Å²) >= 11 is 3.95. The van der Waals surface area contributed by atoms with Crippen LogP contribution in [0.5, 0.6) is 11.5 Å². The molecule has 0 atom stereocenters. The number of hydrogen-bond donors (Lipinski definition) is 0. The van der Waals surface area contributed by atoms with Gasteiger partial charge in [-0.3, -0.25) is 0 Å². The van der Waals surface area contributed by atoms with E-state index in [0.717, 1.165) is 17.1 Å². The van der Waals surface area contributed by atoms with Gasteiger partial charge in [-0.1, -0.05) is 18.2 Å². The first kappa shape index (κ1) is 16.1. The molecular formula is C18H17NO2S2. The molecule has 23 heavy (non-hydrogen) atoms. The zero-order valence-corrected chi connectivity index (χ0v) is 14.5. The van der Waals surface area contributed by atoms with E-state index in [9.17, 15) is 0 Å². The summed E-state index contributed by atoms with van der Waals surface area (Å²) < 4.78 is 11.9. The largest absolute Gasteiger partial charge is 0.493 e. The molecule has 2 aromatic rings. The molecule has 3 rings (SSSR count). The van der Waals surface area contributed by atoms with E-state index in [4.69, 9.17) is 14.7 Å². The molecule has 0 spiro atoms. The van der Waals surface area contributed by atoms with Crippen LogP contribution in [-0.4, -0.2) is 18.6 Å². The summed E-state index contributed by atoms with van der Waals surface area (Å²) in [7, 11) is 1.67. The second-order valence-electron chi connectivity index (χ2n) is 5.08. The number of nitrogens with zero attached hydrogens (tertiary/aromatic N) is 1. The van der Waals surface area contributed by atoms with Crippen LogP contribution in [0.2, 0.25) is 0 Å². The van der Waals surface area contributed by atoms with Crippen molar-refractivity contribution < 1.29 is 9.47 Å². The topological polar surface area (TPSA) is 42.2 Å². The van der Waals surface area contributed by atoms with E-state index in [-0.39, 0.29) is 0 Å². The molecule has 2 aromatic carbocycles. The highest BCUT2D eigenvalue weighted by atomic mass is 32.2. The SMILES string of the molecule is COc1cc(C2SCCS2)ccc1OCc1ccc(C#N)cc1. The Labute approximate surface area is 145 Å². The van der Waals surface area contributed by atoms with Gasteiger partial charge in [0.2, 0.25) is 0 Å². The molecule has 118 valence electrons. The van der Waals surface area contributed by atoms with Crippen LogP contribution in [0.25, 0.3) is 0 Å². The Morgan fingerprint density at radius 3 is 2.48 bits per heavy atom. The van der Waals surface area contributed by atoms with Crippen LogP contribution in [0.1, 0.15) is 21.3 Å². The normalized spacial score (nSPS) is 14.4. The predicted molar refractivity (Wildman–Crippen MR) is 96.1 cm³/mol. The Morgan fingerprint density at radius 2 is 1.83 bits per heavy atom. The first-order chi connectivity index (χ1) is 11.3. The Bertz CT molecular complexity index is 704. The molecule has 1 fully saturated rings. The second kappa shape index (κ2) is 7.67. The Hall–Kier alpha value is -1.77. The number of nitriles is 1. The summed E-state index contributed by atoms with van der Waals surface area (Å²) in [5.74, 6) is 3.92. The van der Waals surface area contributed by atoms with Crippen molar-refractivity contribution in [2.24, 2.45) is 0 Å². The molecule has 1 aliphatic rings. The molecule has 0 aliphatic carbocycles. The molecule has 0 bridgehead atoms. The zero-order chi connectivity index (χ0) is 16.1. The Morgan fingerprint density at radius 1 is 1.09 bits per heavy atom. The fraction of sp³-hybridized carbons (Fsp3) is 0.278. The molecule has 0 unspecified atom stereocenters. The predicted octanol–water partition coefficient (Wildman–Crippen LogP) is 4.62. The van der Waals surface area contributed by atoms with E-state index in [1.54, 1.807) is 19.2 Å². The minimum Gasteiger partial charge on any atom is -0.493 e. The lowest BCUT2D eigenvalue weighted by molar-refractivity contribution is 0.284. The van der Waals surface area contributed by atoms with E-state index >= 15 is 0 Å². The van der Waals surface area contributed by atoms with E-state index in [2.05, 4.69) is 18.2 Å². The monoisotopic (exact) mass is 343 g/mol. The molecule has 0 amide bonds. The summed E-state index contributed by atoms with van der Waals surface area (Å²) in [5, 5.41) is 8.82. The Balaban J connectivity index is 1.70. The summed E-state index contributed by atoms with van der Waals surface area (Å²) in [6.07, 6.45) is 0. The molecule has 0 saturated carbocycles. The van der Waals surface area contributed by atoms with Gasteiger partial charge < -0.3 is 9.47 Å². The molecule has 1 aliphatic heterocycles. The fourth-order valence-electron chi connectivity index (χ4n) is 2.34. The maximum Gasteiger partial charge on any atom is 0.161 e. The maximum absolute atomic E-state index is 8.82. The second-order valence-corrected chi connectivity index (χ2v) is 7.81. The molecule has 0 N–H and O–H groups in total. The highest BCUT2D eigenvalue weighted by molar-refractivity contribution is 8.19. The summed E-state index contributed by atoms with van der Waals surface area (Å²) in [6.45, 7) is 0.453. The van der Waals surface area contributed by atoms with Crippen LogP contribution in [0.4, 0.5) is 0 Å².